The summed E-state index contributed by atoms with van der Waals surface area (Å²) in [6, 6.07) is 4.47. The van der Waals surface area contributed by atoms with Gasteiger partial charge in [0.2, 0.25) is 5.91 Å². The van der Waals surface area contributed by atoms with Crippen LogP contribution in [0.15, 0.2) is 22.7 Å². The van der Waals surface area contributed by atoms with E-state index in [2.05, 4.69) is 44.4 Å². The van der Waals surface area contributed by atoms with Gasteiger partial charge < -0.3 is 5.32 Å². The molecule has 1 amide bonds. The first-order chi connectivity index (χ1) is 13.2. The Bertz CT molecular complexity index is 839. The molecule has 7 heteroatoms. The summed E-state index contributed by atoms with van der Waals surface area (Å²) in [5.74, 6) is 5.97. The fraction of sp³-hybridized carbons (Fsp3) is 0.550. The average molecular weight is 401 g/mol. The quantitative estimate of drug-likeness (QED) is 0.567. The van der Waals surface area contributed by atoms with Gasteiger partial charge in [-0.3, -0.25) is 9.36 Å². The van der Waals surface area contributed by atoms with Crippen LogP contribution in [0.3, 0.4) is 0 Å². The first-order valence-electron chi connectivity index (χ1n) is 9.49. The second-order valence-corrected chi connectivity index (χ2v) is 9.39. The summed E-state index contributed by atoms with van der Waals surface area (Å²) in [7, 11) is 0. The molecule has 2 heterocycles. The number of aromatic nitrogens is 3. The maximum Gasteiger partial charge on any atom is 0.231 e. The molecule has 4 atom stereocenters. The number of thiophene rings is 1. The van der Waals surface area contributed by atoms with Crippen LogP contribution in [0.4, 0.5) is 0 Å². The summed E-state index contributed by atoms with van der Waals surface area (Å²) in [6.07, 6.45) is 10.6. The Balaban J connectivity index is 1.58. The van der Waals surface area contributed by atoms with E-state index in [1.807, 2.05) is 6.07 Å². The number of nitrogens with zero attached hydrogens (tertiary/aromatic N) is 3. The maximum atomic E-state index is 12.0. The third kappa shape index (κ3) is 3.78. The molecule has 2 aliphatic rings. The lowest BCUT2D eigenvalue weighted by Gasteiger charge is -2.30. The molecular weight excluding hydrogens is 376 g/mol. The van der Waals surface area contributed by atoms with E-state index in [9.17, 15) is 4.79 Å². The van der Waals surface area contributed by atoms with Gasteiger partial charge in [-0.1, -0.05) is 30.2 Å². The van der Waals surface area contributed by atoms with Gasteiger partial charge >= 0.3 is 0 Å². The highest BCUT2D eigenvalue weighted by atomic mass is 32.2. The normalized spacial score (nSPS) is 24.7. The predicted molar refractivity (Wildman–Crippen MR) is 110 cm³/mol. The van der Waals surface area contributed by atoms with E-state index in [1.165, 1.54) is 37.4 Å². The van der Waals surface area contributed by atoms with Gasteiger partial charge in [-0.25, -0.2) is 0 Å². The molecule has 2 aliphatic carbocycles. The Labute approximate surface area is 168 Å². The van der Waals surface area contributed by atoms with Crippen molar-refractivity contribution in [2.45, 2.75) is 43.8 Å². The first kappa shape index (κ1) is 18.6. The van der Waals surface area contributed by atoms with E-state index < -0.39 is 0 Å². The van der Waals surface area contributed by atoms with Crippen LogP contribution in [0.25, 0.3) is 10.7 Å². The van der Waals surface area contributed by atoms with Gasteiger partial charge in [-0.05, 0) is 55.4 Å². The number of hydrogen-bond donors (Lipinski definition) is 1. The molecule has 4 unspecified atom stereocenters. The molecular formula is C20H24N4OS2. The van der Waals surface area contributed by atoms with Crippen molar-refractivity contribution in [3.05, 3.63) is 17.5 Å². The van der Waals surface area contributed by atoms with Gasteiger partial charge in [0.15, 0.2) is 11.0 Å². The molecule has 2 aromatic rings. The van der Waals surface area contributed by atoms with Crippen LogP contribution in [0, 0.1) is 30.1 Å². The summed E-state index contributed by atoms with van der Waals surface area (Å²) >= 11 is 3.12. The predicted octanol–water partition coefficient (Wildman–Crippen LogP) is 3.85. The zero-order valence-corrected chi connectivity index (χ0v) is 17.1. The number of rotatable bonds is 7. The van der Waals surface area contributed by atoms with E-state index >= 15 is 0 Å². The topological polar surface area (TPSA) is 59.8 Å². The Morgan fingerprint density at radius 1 is 1.48 bits per heavy atom. The molecule has 0 spiro atoms. The lowest BCUT2D eigenvalue weighted by Crippen LogP contribution is -2.26. The minimum atomic E-state index is -0.0715. The fourth-order valence-corrected chi connectivity index (χ4v) is 6.28. The van der Waals surface area contributed by atoms with Gasteiger partial charge in [0.1, 0.15) is 0 Å². The molecule has 2 fully saturated rings. The molecule has 2 aromatic heterocycles. The molecule has 1 N–H and O–H groups in total. The summed E-state index contributed by atoms with van der Waals surface area (Å²) in [6.45, 7) is 2.56. The largest absolute Gasteiger partial charge is 0.344 e. The number of nitrogens with one attached hydrogen (secondary N) is 1. The molecule has 4 rings (SSSR count). The zero-order chi connectivity index (χ0) is 18.8. The standard InChI is InChI=1S/C20H24N4OS2/c1-3-8-21-18(25)12-27-20-23-22-19(17-5-4-9-26-17)24(20)13(2)16-11-14-6-7-15(16)10-14/h1,4-5,9,13-16H,6-8,10-12H2,2H3,(H,21,25). The SMILES string of the molecule is C#CCNC(=O)CSc1nnc(-c2cccs2)n1C(C)C1CC2CCC1C2. The van der Waals surface area contributed by atoms with Crippen LogP contribution < -0.4 is 5.32 Å². The minimum absolute atomic E-state index is 0.0715. The summed E-state index contributed by atoms with van der Waals surface area (Å²) in [5.41, 5.74) is 0. The van der Waals surface area contributed by atoms with Crippen molar-refractivity contribution in [1.29, 1.82) is 0 Å². The van der Waals surface area contributed by atoms with Crippen LogP contribution in [0.2, 0.25) is 0 Å². The number of terminal acetylenes is 1. The molecule has 0 aliphatic heterocycles. The van der Waals surface area contributed by atoms with E-state index in [1.54, 1.807) is 11.3 Å². The minimum Gasteiger partial charge on any atom is -0.344 e. The number of fused-ring (bicyclic) bond motifs is 2. The van der Waals surface area contributed by atoms with Crippen LogP contribution in [0.5, 0.6) is 0 Å². The Morgan fingerprint density at radius 2 is 2.37 bits per heavy atom. The van der Waals surface area contributed by atoms with Gasteiger partial charge in [0.05, 0.1) is 17.2 Å². The van der Waals surface area contributed by atoms with E-state index in [0.717, 1.165) is 27.7 Å². The lowest BCUT2D eigenvalue weighted by atomic mass is 9.84. The van der Waals surface area contributed by atoms with Crippen molar-refractivity contribution in [1.82, 2.24) is 20.1 Å². The number of amides is 1. The highest BCUT2D eigenvalue weighted by molar-refractivity contribution is 7.99. The van der Waals surface area contributed by atoms with Gasteiger partial charge in [-0.15, -0.1) is 28.0 Å². The van der Waals surface area contributed by atoms with E-state index in [-0.39, 0.29) is 12.5 Å². The highest BCUT2D eigenvalue weighted by Gasteiger charge is 2.43. The van der Waals surface area contributed by atoms with E-state index in [0.29, 0.717) is 17.7 Å². The fourth-order valence-electron chi connectivity index (χ4n) is 4.72. The molecule has 2 saturated carbocycles. The van der Waals surface area contributed by atoms with Crippen molar-refractivity contribution in [3.8, 4) is 23.0 Å². The Hall–Kier alpha value is -1.78. The molecule has 0 saturated heterocycles. The number of hydrogen-bond acceptors (Lipinski definition) is 5. The van der Waals surface area contributed by atoms with Crippen molar-refractivity contribution < 1.29 is 4.79 Å². The molecule has 142 valence electrons. The van der Waals surface area contributed by atoms with E-state index in [4.69, 9.17) is 6.42 Å². The summed E-state index contributed by atoms with van der Waals surface area (Å²) in [5, 5.41) is 14.5. The maximum absolute atomic E-state index is 12.0. The van der Waals surface area contributed by atoms with Crippen LogP contribution in [-0.2, 0) is 4.79 Å². The highest BCUT2D eigenvalue weighted by Crippen LogP contribution is 2.53. The molecule has 2 bridgehead atoms. The van der Waals surface area contributed by atoms with Crippen LogP contribution >= 0.6 is 23.1 Å². The van der Waals surface area contributed by atoms with Crippen LogP contribution in [-0.4, -0.2) is 33.0 Å². The third-order valence-corrected chi connectivity index (χ3v) is 7.75. The Morgan fingerprint density at radius 3 is 3.04 bits per heavy atom. The second-order valence-electron chi connectivity index (χ2n) is 7.50. The third-order valence-electron chi connectivity index (χ3n) is 5.95. The summed E-state index contributed by atoms with van der Waals surface area (Å²) in [4.78, 5) is 13.1. The van der Waals surface area contributed by atoms with Gasteiger partial charge in [-0.2, -0.15) is 0 Å². The molecule has 0 aromatic carbocycles. The lowest BCUT2D eigenvalue weighted by molar-refractivity contribution is -0.118. The molecule has 0 radical (unpaired) electrons. The molecule has 27 heavy (non-hydrogen) atoms. The average Bonchev–Trinajstić information content (AvgIpc) is 3.46. The van der Waals surface area contributed by atoms with Crippen LogP contribution in [0.1, 0.15) is 38.6 Å². The van der Waals surface area contributed by atoms with Crippen molar-refractivity contribution >= 4 is 29.0 Å². The smallest absolute Gasteiger partial charge is 0.231 e. The van der Waals surface area contributed by atoms with Crippen molar-refractivity contribution in [2.24, 2.45) is 17.8 Å². The molecule has 5 nitrogen and oxygen atoms in total. The first-order valence-corrected chi connectivity index (χ1v) is 11.4. The second kappa shape index (κ2) is 8.07. The zero-order valence-electron chi connectivity index (χ0n) is 15.4. The van der Waals surface area contributed by atoms with Gasteiger partial charge in [0.25, 0.3) is 0 Å². The number of carbonyl (C=O) groups is 1. The number of carbonyl (C=O) groups excluding carboxylic acids is 1. The Kier molecular flexibility index (Phi) is 5.55. The van der Waals surface area contributed by atoms with Crippen molar-refractivity contribution in [2.75, 3.05) is 12.3 Å². The summed E-state index contributed by atoms with van der Waals surface area (Å²) < 4.78 is 2.27. The van der Waals surface area contributed by atoms with Gasteiger partial charge in [0, 0.05) is 6.04 Å². The van der Waals surface area contributed by atoms with Crippen molar-refractivity contribution in [3.63, 3.8) is 0 Å². The number of thioether (sulfide) groups is 1. The monoisotopic (exact) mass is 400 g/mol.